The first-order chi connectivity index (χ1) is 7.60. The molecule has 1 unspecified atom stereocenters. The van der Waals surface area contributed by atoms with Crippen LogP contribution in [0.2, 0.25) is 0 Å². The number of amides is 1. The second-order valence-electron chi connectivity index (χ2n) is 3.56. The molecule has 1 aromatic rings. The van der Waals surface area contributed by atoms with Gasteiger partial charge in [0.15, 0.2) is 0 Å². The summed E-state index contributed by atoms with van der Waals surface area (Å²) in [6.07, 6.45) is 0. The van der Waals surface area contributed by atoms with Crippen LogP contribution in [0.5, 0.6) is 0 Å². The van der Waals surface area contributed by atoms with Crippen LogP contribution >= 0.6 is 11.5 Å². The van der Waals surface area contributed by atoms with Crippen molar-refractivity contribution in [3.8, 4) is 6.07 Å². The molecule has 6 heteroatoms. The van der Waals surface area contributed by atoms with Crippen LogP contribution in [-0.4, -0.2) is 33.5 Å². The van der Waals surface area contributed by atoms with Crippen molar-refractivity contribution < 1.29 is 4.79 Å². The van der Waals surface area contributed by atoms with E-state index in [2.05, 4.69) is 15.7 Å². The predicted molar refractivity (Wildman–Crippen MR) is 61.0 cm³/mol. The lowest BCUT2D eigenvalue weighted by atomic mass is 10.2. The van der Waals surface area contributed by atoms with Gasteiger partial charge in [0.25, 0.3) is 5.91 Å². The molecule has 0 aliphatic carbocycles. The zero-order valence-corrected chi connectivity index (χ0v) is 10.4. The van der Waals surface area contributed by atoms with Crippen molar-refractivity contribution in [2.24, 2.45) is 5.92 Å². The van der Waals surface area contributed by atoms with Crippen LogP contribution in [0.4, 0.5) is 0 Å². The Balaban J connectivity index is 2.79. The van der Waals surface area contributed by atoms with Gasteiger partial charge in [0.2, 0.25) is 0 Å². The van der Waals surface area contributed by atoms with Crippen molar-refractivity contribution in [2.45, 2.75) is 20.8 Å². The van der Waals surface area contributed by atoms with E-state index in [1.807, 2.05) is 6.92 Å². The van der Waals surface area contributed by atoms with E-state index in [0.29, 0.717) is 23.7 Å². The lowest BCUT2D eigenvalue weighted by Gasteiger charge is -2.21. The van der Waals surface area contributed by atoms with Crippen molar-refractivity contribution >= 4 is 17.4 Å². The number of nitrogens with zero attached hydrogens (tertiary/aromatic N) is 4. The third kappa shape index (κ3) is 2.76. The Morgan fingerprint density at radius 1 is 1.69 bits per heavy atom. The molecule has 0 saturated carbocycles. The summed E-state index contributed by atoms with van der Waals surface area (Å²) in [6.45, 7) is 6.49. The Hall–Kier alpha value is -1.48. The van der Waals surface area contributed by atoms with Crippen LogP contribution in [0.15, 0.2) is 0 Å². The molecule has 86 valence electrons. The molecule has 5 nitrogen and oxygen atoms in total. The molecule has 1 aromatic heterocycles. The number of aromatic nitrogens is 2. The number of hydrogen-bond acceptors (Lipinski definition) is 5. The standard InChI is InChI=1S/C10H14N4OS/c1-4-14(6-7(2)5-11)10(15)9-8(3)12-13-16-9/h7H,4,6H2,1-3H3. The number of hydrogen-bond donors (Lipinski definition) is 0. The largest absolute Gasteiger partial charge is 0.337 e. The number of carbonyl (C=O) groups excluding carboxylic acids is 1. The van der Waals surface area contributed by atoms with Crippen molar-refractivity contribution in [1.82, 2.24) is 14.5 Å². The van der Waals surface area contributed by atoms with Crippen LogP contribution in [0, 0.1) is 24.2 Å². The lowest BCUT2D eigenvalue weighted by Crippen LogP contribution is -2.34. The van der Waals surface area contributed by atoms with Gasteiger partial charge in [-0.1, -0.05) is 4.49 Å². The monoisotopic (exact) mass is 238 g/mol. The summed E-state index contributed by atoms with van der Waals surface area (Å²) in [4.78, 5) is 14.3. The minimum absolute atomic E-state index is 0.0860. The molecule has 0 aliphatic rings. The van der Waals surface area contributed by atoms with Gasteiger partial charge in [0.1, 0.15) is 4.88 Å². The van der Waals surface area contributed by atoms with E-state index in [9.17, 15) is 4.79 Å². The van der Waals surface area contributed by atoms with Crippen molar-refractivity contribution in [3.63, 3.8) is 0 Å². The zero-order valence-electron chi connectivity index (χ0n) is 9.60. The van der Waals surface area contributed by atoms with Gasteiger partial charge in [-0.05, 0) is 32.3 Å². The summed E-state index contributed by atoms with van der Waals surface area (Å²) < 4.78 is 3.74. The molecule has 0 radical (unpaired) electrons. The first-order valence-electron chi connectivity index (χ1n) is 5.08. The topological polar surface area (TPSA) is 69.9 Å². The molecule has 1 atom stereocenters. The van der Waals surface area contributed by atoms with E-state index < -0.39 is 0 Å². The summed E-state index contributed by atoms with van der Waals surface area (Å²) in [5.41, 5.74) is 0.651. The molecular weight excluding hydrogens is 224 g/mol. The van der Waals surface area contributed by atoms with Gasteiger partial charge < -0.3 is 4.90 Å². The zero-order chi connectivity index (χ0) is 12.1. The SMILES string of the molecule is CCN(CC(C)C#N)C(=O)c1snnc1C. The Bertz CT molecular complexity index is 409. The Labute approximate surface area is 98.9 Å². The Kier molecular flexibility index (Phi) is 4.38. The van der Waals surface area contributed by atoms with E-state index in [4.69, 9.17) is 5.26 Å². The van der Waals surface area contributed by atoms with E-state index in [0.717, 1.165) is 11.5 Å². The summed E-state index contributed by atoms with van der Waals surface area (Å²) in [7, 11) is 0. The van der Waals surface area contributed by atoms with Crippen molar-refractivity contribution in [3.05, 3.63) is 10.6 Å². The van der Waals surface area contributed by atoms with Crippen LogP contribution < -0.4 is 0 Å². The third-order valence-corrected chi connectivity index (χ3v) is 3.05. The smallest absolute Gasteiger partial charge is 0.267 e. The van der Waals surface area contributed by atoms with Gasteiger partial charge in [0, 0.05) is 13.1 Å². The average molecular weight is 238 g/mol. The fraction of sp³-hybridized carbons (Fsp3) is 0.600. The van der Waals surface area contributed by atoms with Crippen molar-refractivity contribution in [2.75, 3.05) is 13.1 Å². The quantitative estimate of drug-likeness (QED) is 0.796. The first-order valence-corrected chi connectivity index (χ1v) is 5.85. The fourth-order valence-corrected chi connectivity index (χ4v) is 1.92. The fourth-order valence-electron chi connectivity index (χ4n) is 1.30. The molecule has 1 rings (SSSR count). The number of carbonyl (C=O) groups is 1. The highest BCUT2D eigenvalue weighted by Crippen LogP contribution is 2.13. The molecule has 0 aliphatic heterocycles. The summed E-state index contributed by atoms with van der Waals surface area (Å²) in [5, 5.41) is 12.5. The molecule has 1 amide bonds. The second kappa shape index (κ2) is 5.56. The molecule has 0 bridgehead atoms. The van der Waals surface area contributed by atoms with Gasteiger partial charge in [-0.3, -0.25) is 4.79 Å². The maximum atomic E-state index is 12.1. The predicted octanol–water partition coefficient (Wildman–Crippen LogP) is 1.47. The van der Waals surface area contributed by atoms with Gasteiger partial charge in [-0.15, -0.1) is 5.10 Å². The molecule has 0 saturated heterocycles. The normalized spacial score (nSPS) is 11.9. The van der Waals surface area contributed by atoms with Gasteiger partial charge in [0.05, 0.1) is 17.7 Å². The maximum absolute atomic E-state index is 12.1. The van der Waals surface area contributed by atoms with E-state index >= 15 is 0 Å². The first kappa shape index (κ1) is 12.6. The molecule has 0 N–H and O–H groups in total. The minimum Gasteiger partial charge on any atom is -0.337 e. The van der Waals surface area contributed by atoms with Crippen molar-refractivity contribution in [1.29, 1.82) is 5.26 Å². The highest BCUT2D eigenvalue weighted by molar-refractivity contribution is 7.07. The second-order valence-corrected chi connectivity index (χ2v) is 4.32. The van der Waals surface area contributed by atoms with Gasteiger partial charge >= 0.3 is 0 Å². The van der Waals surface area contributed by atoms with Crippen LogP contribution in [0.1, 0.15) is 29.2 Å². The molecular formula is C10H14N4OS. The van der Waals surface area contributed by atoms with E-state index in [1.165, 1.54) is 0 Å². The summed E-state index contributed by atoms with van der Waals surface area (Å²) >= 11 is 1.10. The minimum atomic E-state index is -0.162. The number of rotatable bonds is 4. The Morgan fingerprint density at radius 3 is 2.81 bits per heavy atom. The highest BCUT2D eigenvalue weighted by Gasteiger charge is 2.20. The maximum Gasteiger partial charge on any atom is 0.267 e. The highest BCUT2D eigenvalue weighted by atomic mass is 32.1. The summed E-state index contributed by atoms with van der Waals surface area (Å²) in [5.74, 6) is -0.248. The lowest BCUT2D eigenvalue weighted by molar-refractivity contribution is 0.0756. The molecule has 0 aromatic carbocycles. The molecule has 16 heavy (non-hydrogen) atoms. The average Bonchev–Trinajstić information content (AvgIpc) is 2.71. The molecule has 0 spiro atoms. The summed E-state index contributed by atoms with van der Waals surface area (Å²) in [6, 6.07) is 2.12. The third-order valence-electron chi connectivity index (χ3n) is 2.23. The number of nitriles is 1. The number of aryl methyl sites for hydroxylation is 1. The van der Waals surface area contributed by atoms with Gasteiger partial charge in [-0.2, -0.15) is 5.26 Å². The van der Waals surface area contributed by atoms with E-state index in [-0.39, 0.29) is 11.8 Å². The van der Waals surface area contributed by atoms with Crippen LogP contribution in [0.25, 0.3) is 0 Å². The van der Waals surface area contributed by atoms with Crippen LogP contribution in [-0.2, 0) is 0 Å². The molecule has 1 heterocycles. The molecule has 0 fully saturated rings. The van der Waals surface area contributed by atoms with Gasteiger partial charge in [-0.25, -0.2) is 0 Å². The van der Waals surface area contributed by atoms with Crippen LogP contribution in [0.3, 0.4) is 0 Å². The Morgan fingerprint density at radius 2 is 2.38 bits per heavy atom. The van der Waals surface area contributed by atoms with E-state index in [1.54, 1.807) is 18.7 Å².